The van der Waals surface area contributed by atoms with Crippen molar-refractivity contribution in [2.24, 2.45) is 5.41 Å². The van der Waals surface area contributed by atoms with Crippen LogP contribution in [0.2, 0.25) is 5.15 Å². The van der Waals surface area contributed by atoms with Crippen LogP contribution >= 0.6 is 11.6 Å². The van der Waals surface area contributed by atoms with Crippen molar-refractivity contribution < 1.29 is 4.74 Å². The maximum Gasteiger partial charge on any atom is 0.162 e. The summed E-state index contributed by atoms with van der Waals surface area (Å²) in [6.45, 7) is 8.54. The van der Waals surface area contributed by atoms with E-state index in [2.05, 4.69) is 23.8 Å². The summed E-state index contributed by atoms with van der Waals surface area (Å²) in [6.07, 6.45) is 4.15. The number of nitrogens with zero attached hydrogens (tertiary/aromatic N) is 2. The van der Waals surface area contributed by atoms with Crippen LogP contribution in [0.3, 0.4) is 0 Å². The first kappa shape index (κ1) is 14.7. The second-order valence-electron chi connectivity index (χ2n) is 6.41. The van der Waals surface area contributed by atoms with Crippen LogP contribution in [0, 0.1) is 19.3 Å². The van der Waals surface area contributed by atoms with Crippen LogP contribution in [-0.4, -0.2) is 17.1 Å². The molecular weight excluding hydrogens is 260 g/mol. The van der Waals surface area contributed by atoms with Gasteiger partial charge in [-0.2, -0.15) is 0 Å². The number of methoxy groups -OCH3 is 1. The van der Waals surface area contributed by atoms with Crippen LogP contribution in [0.4, 0.5) is 0 Å². The zero-order valence-corrected chi connectivity index (χ0v) is 13.3. The van der Waals surface area contributed by atoms with Gasteiger partial charge in [0, 0.05) is 18.4 Å². The van der Waals surface area contributed by atoms with Gasteiger partial charge >= 0.3 is 0 Å². The Morgan fingerprint density at radius 1 is 1.05 bits per heavy atom. The Hall–Kier alpha value is -0.670. The minimum Gasteiger partial charge on any atom is -0.370 e. The molecule has 0 amide bonds. The van der Waals surface area contributed by atoms with E-state index in [-0.39, 0.29) is 5.60 Å². The standard InChI is InChI=1S/C15H23ClN2O/c1-10-11(2)17-13(18-12(10)16)15(19-5)8-6-14(3,4)7-9-15/h6-9H2,1-5H3. The molecule has 1 aliphatic carbocycles. The zero-order chi connectivity index (χ0) is 14.3. The highest BCUT2D eigenvalue weighted by atomic mass is 35.5. The summed E-state index contributed by atoms with van der Waals surface area (Å²) < 4.78 is 5.82. The molecule has 106 valence electrons. The summed E-state index contributed by atoms with van der Waals surface area (Å²) in [5.74, 6) is 0.749. The summed E-state index contributed by atoms with van der Waals surface area (Å²) >= 11 is 6.21. The zero-order valence-electron chi connectivity index (χ0n) is 12.5. The lowest BCUT2D eigenvalue weighted by molar-refractivity contribution is -0.0730. The highest BCUT2D eigenvalue weighted by Gasteiger charge is 2.42. The van der Waals surface area contributed by atoms with Gasteiger partial charge in [-0.3, -0.25) is 0 Å². The van der Waals surface area contributed by atoms with E-state index in [0.29, 0.717) is 10.6 Å². The number of aromatic nitrogens is 2. The van der Waals surface area contributed by atoms with Crippen molar-refractivity contribution in [1.82, 2.24) is 9.97 Å². The van der Waals surface area contributed by atoms with Gasteiger partial charge in [-0.25, -0.2) is 9.97 Å². The van der Waals surface area contributed by atoms with Gasteiger partial charge in [0.25, 0.3) is 0 Å². The number of aryl methyl sites for hydroxylation is 1. The van der Waals surface area contributed by atoms with Gasteiger partial charge in [0.05, 0.1) is 0 Å². The third kappa shape index (κ3) is 2.77. The van der Waals surface area contributed by atoms with Crippen LogP contribution in [0.15, 0.2) is 0 Å². The van der Waals surface area contributed by atoms with E-state index in [1.807, 2.05) is 13.8 Å². The van der Waals surface area contributed by atoms with Gasteiger partial charge in [0.2, 0.25) is 0 Å². The van der Waals surface area contributed by atoms with Gasteiger partial charge in [-0.1, -0.05) is 25.4 Å². The predicted molar refractivity (Wildman–Crippen MR) is 77.5 cm³/mol. The minimum absolute atomic E-state index is 0.363. The first-order valence-electron chi connectivity index (χ1n) is 6.86. The second kappa shape index (κ2) is 5.02. The Morgan fingerprint density at radius 2 is 1.63 bits per heavy atom. The lowest BCUT2D eigenvalue weighted by atomic mass is 9.70. The summed E-state index contributed by atoms with van der Waals surface area (Å²) in [7, 11) is 1.75. The van der Waals surface area contributed by atoms with Gasteiger partial charge in [-0.05, 0) is 44.9 Å². The molecule has 0 N–H and O–H groups in total. The van der Waals surface area contributed by atoms with Crippen molar-refractivity contribution in [2.75, 3.05) is 7.11 Å². The molecule has 0 bridgehead atoms. The fraction of sp³-hybridized carbons (Fsp3) is 0.733. The molecule has 1 heterocycles. The SMILES string of the molecule is COC1(c2nc(C)c(C)c(Cl)n2)CCC(C)(C)CC1. The Kier molecular flexibility index (Phi) is 3.90. The second-order valence-corrected chi connectivity index (χ2v) is 6.77. The van der Waals surface area contributed by atoms with Gasteiger partial charge in [0.1, 0.15) is 10.8 Å². The molecule has 0 radical (unpaired) electrons. The normalized spacial score (nSPS) is 21.4. The number of halogens is 1. The van der Waals surface area contributed by atoms with Crippen LogP contribution in [-0.2, 0) is 10.3 Å². The van der Waals surface area contributed by atoms with E-state index in [0.717, 1.165) is 42.8 Å². The summed E-state index contributed by atoms with van der Waals surface area (Å²) in [5.41, 5.74) is 1.91. The van der Waals surface area contributed by atoms with Gasteiger partial charge in [0.15, 0.2) is 5.82 Å². The summed E-state index contributed by atoms with van der Waals surface area (Å²) in [6, 6.07) is 0. The maximum atomic E-state index is 6.21. The minimum atomic E-state index is -0.363. The summed E-state index contributed by atoms with van der Waals surface area (Å²) in [5, 5.41) is 0.545. The average Bonchev–Trinajstić information content (AvgIpc) is 2.36. The first-order chi connectivity index (χ1) is 8.80. The smallest absolute Gasteiger partial charge is 0.162 e. The van der Waals surface area contributed by atoms with Gasteiger partial charge < -0.3 is 4.74 Å². The number of hydrogen-bond acceptors (Lipinski definition) is 3. The van der Waals surface area contributed by atoms with Crippen molar-refractivity contribution in [3.8, 4) is 0 Å². The third-order valence-corrected chi connectivity index (χ3v) is 4.91. The monoisotopic (exact) mass is 282 g/mol. The molecule has 0 atom stereocenters. The topological polar surface area (TPSA) is 35.0 Å². The van der Waals surface area contributed by atoms with E-state index >= 15 is 0 Å². The first-order valence-corrected chi connectivity index (χ1v) is 7.24. The number of rotatable bonds is 2. The number of hydrogen-bond donors (Lipinski definition) is 0. The van der Waals surface area contributed by atoms with E-state index < -0.39 is 0 Å². The van der Waals surface area contributed by atoms with Crippen LogP contribution < -0.4 is 0 Å². The molecule has 3 nitrogen and oxygen atoms in total. The molecule has 0 aromatic carbocycles. The molecule has 0 spiro atoms. The van der Waals surface area contributed by atoms with E-state index in [1.54, 1.807) is 7.11 Å². The molecule has 1 fully saturated rings. The van der Waals surface area contributed by atoms with Crippen molar-refractivity contribution >= 4 is 11.6 Å². The molecule has 4 heteroatoms. The molecule has 1 aromatic rings. The Bertz CT molecular complexity index is 452. The highest BCUT2D eigenvalue weighted by molar-refractivity contribution is 6.30. The molecule has 1 aliphatic rings. The average molecular weight is 283 g/mol. The van der Waals surface area contributed by atoms with Crippen molar-refractivity contribution in [1.29, 1.82) is 0 Å². The Morgan fingerprint density at radius 3 is 2.11 bits per heavy atom. The highest BCUT2D eigenvalue weighted by Crippen LogP contribution is 2.46. The number of ether oxygens (including phenoxy) is 1. The molecule has 19 heavy (non-hydrogen) atoms. The van der Waals surface area contributed by atoms with Crippen molar-refractivity contribution in [3.63, 3.8) is 0 Å². The van der Waals surface area contributed by atoms with E-state index in [1.165, 1.54) is 0 Å². The van der Waals surface area contributed by atoms with E-state index in [4.69, 9.17) is 16.3 Å². The maximum absolute atomic E-state index is 6.21. The lowest BCUT2D eigenvalue weighted by Crippen LogP contribution is -2.38. The molecular formula is C15H23ClN2O. The molecule has 1 aromatic heterocycles. The Balaban J connectivity index is 2.38. The summed E-state index contributed by atoms with van der Waals surface area (Å²) in [4.78, 5) is 9.10. The van der Waals surface area contributed by atoms with Crippen LogP contribution in [0.5, 0.6) is 0 Å². The fourth-order valence-corrected chi connectivity index (χ4v) is 2.86. The third-order valence-electron chi connectivity index (χ3n) is 4.54. The lowest BCUT2D eigenvalue weighted by Gasteiger charge is -2.41. The predicted octanol–water partition coefficient (Wildman–Crippen LogP) is 4.19. The fourth-order valence-electron chi connectivity index (χ4n) is 2.65. The van der Waals surface area contributed by atoms with Crippen LogP contribution in [0.1, 0.15) is 56.6 Å². The van der Waals surface area contributed by atoms with E-state index in [9.17, 15) is 0 Å². The Labute approximate surface area is 120 Å². The molecule has 2 rings (SSSR count). The molecule has 1 saturated carbocycles. The molecule has 0 unspecified atom stereocenters. The van der Waals surface area contributed by atoms with Gasteiger partial charge in [-0.15, -0.1) is 0 Å². The van der Waals surface area contributed by atoms with Crippen molar-refractivity contribution in [2.45, 2.75) is 59.0 Å². The molecule has 0 aliphatic heterocycles. The molecule has 0 saturated heterocycles. The largest absolute Gasteiger partial charge is 0.370 e. The van der Waals surface area contributed by atoms with Crippen LogP contribution in [0.25, 0.3) is 0 Å². The quantitative estimate of drug-likeness (QED) is 0.763. The van der Waals surface area contributed by atoms with Crippen molar-refractivity contribution in [3.05, 3.63) is 22.2 Å².